The van der Waals surface area contributed by atoms with Crippen molar-refractivity contribution in [1.82, 2.24) is 4.98 Å². The van der Waals surface area contributed by atoms with Crippen molar-refractivity contribution in [2.24, 2.45) is 0 Å². The molecule has 0 aliphatic heterocycles. The van der Waals surface area contributed by atoms with E-state index in [0.29, 0.717) is 11.3 Å². The summed E-state index contributed by atoms with van der Waals surface area (Å²) in [7, 11) is 3.26. The van der Waals surface area contributed by atoms with Crippen LogP contribution in [0.15, 0.2) is 78.0 Å². The van der Waals surface area contributed by atoms with Crippen molar-refractivity contribution in [3.8, 4) is 5.75 Å². The number of pyridine rings is 1. The van der Waals surface area contributed by atoms with E-state index >= 15 is 0 Å². The number of carbonyl (C=O) groups excluding carboxylic acids is 2. The van der Waals surface area contributed by atoms with Gasteiger partial charge < -0.3 is 14.2 Å². The zero-order valence-electron chi connectivity index (χ0n) is 19.5. The second-order valence-electron chi connectivity index (χ2n) is 7.97. The number of anilines is 1. The largest absolute Gasteiger partial charge is 0.514 e. The molecule has 12 heteroatoms. The molecule has 0 saturated heterocycles. The summed E-state index contributed by atoms with van der Waals surface area (Å²) in [6.07, 6.45) is 2.92. The highest BCUT2D eigenvalue weighted by Gasteiger charge is 2.31. The molecule has 0 spiro atoms. The van der Waals surface area contributed by atoms with E-state index in [-0.39, 0.29) is 29.4 Å². The molecule has 0 radical (unpaired) electrons. The molecule has 0 bridgehead atoms. The molecule has 1 aliphatic carbocycles. The van der Waals surface area contributed by atoms with E-state index in [1.54, 1.807) is 52.1 Å². The summed E-state index contributed by atoms with van der Waals surface area (Å²) in [6.45, 7) is -0.0501. The Morgan fingerprint density at radius 2 is 1.84 bits per heavy atom. The summed E-state index contributed by atoms with van der Waals surface area (Å²) in [6, 6.07) is 17.6. The first-order valence-corrected chi connectivity index (χ1v) is 13.6. The van der Waals surface area contributed by atoms with E-state index in [1.165, 1.54) is 24.3 Å². The van der Waals surface area contributed by atoms with E-state index in [0.717, 1.165) is 24.3 Å². The molecule has 1 fully saturated rings. The van der Waals surface area contributed by atoms with Gasteiger partial charge in [-0.3, -0.25) is 15.4 Å². The first kappa shape index (κ1) is 26.3. The van der Waals surface area contributed by atoms with Gasteiger partial charge in [0.1, 0.15) is 23.5 Å². The lowest BCUT2D eigenvalue weighted by Crippen LogP contribution is -2.26. The molecular formula is C25H23N3O7S2. The molecule has 1 amide bonds. The zero-order chi connectivity index (χ0) is 26.0. The van der Waals surface area contributed by atoms with Gasteiger partial charge >= 0.3 is 12.2 Å². The Kier molecular flexibility index (Phi) is 9.22. The van der Waals surface area contributed by atoms with Gasteiger partial charge in [0.25, 0.3) is 5.69 Å². The van der Waals surface area contributed by atoms with Gasteiger partial charge in [0, 0.05) is 24.0 Å². The van der Waals surface area contributed by atoms with Gasteiger partial charge in [-0.05, 0) is 72.0 Å². The number of ether oxygens (including phenoxy) is 3. The molecule has 2 aromatic carbocycles. The average Bonchev–Trinajstić information content (AvgIpc) is 3.34. The molecule has 0 unspecified atom stereocenters. The van der Waals surface area contributed by atoms with Crippen molar-refractivity contribution >= 4 is 45.2 Å². The highest BCUT2D eigenvalue weighted by molar-refractivity contribution is 8.76. The maximum absolute atomic E-state index is 12.4. The summed E-state index contributed by atoms with van der Waals surface area (Å²) in [4.78, 5) is 38.7. The van der Waals surface area contributed by atoms with Crippen LogP contribution < -0.4 is 10.1 Å². The summed E-state index contributed by atoms with van der Waals surface area (Å²) in [5.41, 5.74) is 1.12. The topological polar surface area (TPSA) is 130 Å². The average molecular weight is 542 g/mol. The van der Waals surface area contributed by atoms with Crippen LogP contribution in [-0.4, -0.2) is 33.5 Å². The van der Waals surface area contributed by atoms with Crippen molar-refractivity contribution in [3.63, 3.8) is 0 Å². The summed E-state index contributed by atoms with van der Waals surface area (Å²) >= 11 is 0. The van der Waals surface area contributed by atoms with Crippen LogP contribution in [-0.2, 0) is 16.1 Å². The molecule has 192 valence electrons. The molecule has 1 N–H and O–H groups in total. The first-order valence-electron chi connectivity index (χ1n) is 11.4. The van der Waals surface area contributed by atoms with Gasteiger partial charge in [0.2, 0.25) is 0 Å². The molecule has 37 heavy (non-hydrogen) atoms. The smallest absolute Gasteiger partial charge is 0.445 e. The number of nitrogens with one attached hydrogen (secondary N) is 1. The zero-order valence-corrected chi connectivity index (χ0v) is 21.1. The molecule has 10 nitrogen and oxygen atoms in total. The van der Waals surface area contributed by atoms with Crippen LogP contribution in [0.5, 0.6) is 5.75 Å². The quantitative estimate of drug-likeness (QED) is 0.104. The number of non-ortho nitro benzene ring substituents is 1. The van der Waals surface area contributed by atoms with Crippen LogP contribution >= 0.6 is 21.6 Å². The molecule has 1 aliphatic rings. The van der Waals surface area contributed by atoms with Gasteiger partial charge in [-0.15, -0.1) is 0 Å². The maximum Gasteiger partial charge on any atom is 0.514 e. The van der Waals surface area contributed by atoms with Crippen molar-refractivity contribution in [2.75, 3.05) is 5.32 Å². The fourth-order valence-corrected chi connectivity index (χ4v) is 6.18. The van der Waals surface area contributed by atoms with Crippen LogP contribution in [0.3, 0.4) is 0 Å². The number of nitrogens with zero attached hydrogens (tertiary/aromatic N) is 2. The standard InChI is InChI=1S/C25H23N3O7S2/c29-24(35-21-4-3-5-22(21)36-37-23-6-1-2-15-26-23)27-18-9-7-17(8-10-18)16-33-25(30)34-20-13-11-19(12-14-20)28(31)32/h1-2,6-15,21-22H,3-5,16H2,(H,27,29)/t21-,22-/m1/s1. The lowest BCUT2D eigenvalue weighted by Gasteiger charge is -2.19. The SMILES string of the molecule is O=C(Nc1ccc(COC(=O)Oc2ccc([N+](=O)[O-])cc2)cc1)O[C@@H]1CCC[C@H]1SSc1ccccn1. The number of amides is 1. The lowest BCUT2D eigenvalue weighted by atomic mass is 10.2. The number of hydrogen-bond acceptors (Lipinski definition) is 10. The third-order valence-electron chi connectivity index (χ3n) is 5.35. The molecule has 1 saturated carbocycles. The Balaban J connectivity index is 1.19. The molecule has 1 aromatic heterocycles. The molecular weight excluding hydrogens is 518 g/mol. The number of carbonyl (C=O) groups is 2. The van der Waals surface area contributed by atoms with Gasteiger partial charge in [0.15, 0.2) is 0 Å². The number of rotatable bonds is 9. The van der Waals surface area contributed by atoms with Crippen LogP contribution in [0.4, 0.5) is 21.0 Å². The fraction of sp³-hybridized carbons (Fsp3) is 0.240. The van der Waals surface area contributed by atoms with Crippen molar-refractivity contribution in [3.05, 3.63) is 88.6 Å². The van der Waals surface area contributed by atoms with Crippen LogP contribution in [0, 0.1) is 10.1 Å². The maximum atomic E-state index is 12.4. The van der Waals surface area contributed by atoms with Gasteiger partial charge in [-0.1, -0.05) is 29.0 Å². The third kappa shape index (κ3) is 8.12. The van der Waals surface area contributed by atoms with E-state index in [4.69, 9.17) is 14.2 Å². The van der Waals surface area contributed by atoms with E-state index in [9.17, 15) is 19.7 Å². The van der Waals surface area contributed by atoms with Gasteiger partial charge in [-0.25, -0.2) is 14.6 Å². The monoisotopic (exact) mass is 541 g/mol. The predicted octanol–water partition coefficient (Wildman–Crippen LogP) is 6.62. The molecule has 3 aromatic rings. The minimum absolute atomic E-state index is 0.0501. The van der Waals surface area contributed by atoms with Crippen molar-refractivity contribution in [2.45, 2.75) is 42.2 Å². The Labute approximate surface area is 220 Å². The highest BCUT2D eigenvalue weighted by atomic mass is 33.1. The minimum atomic E-state index is -0.940. The third-order valence-corrected chi connectivity index (χ3v) is 8.19. The number of aromatic nitrogens is 1. The predicted molar refractivity (Wildman–Crippen MR) is 140 cm³/mol. The lowest BCUT2D eigenvalue weighted by molar-refractivity contribution is -0.384. The second-order valence-corrected chi connectivity index (χ2v) is 10.4. The Morgan fingerprint density at radius 3 is 2.54 bits per heavy atom. The normalized spacial score (nSPS) is 16.5. The van der Waals surface area contributed by atoms with Crippen LogP contribution in [0.2, 0.25) is 0 Å². The molecule has 2 atom stereocenters. The Bertz CT molecular complexity index is 1210. The van der Waals surface area contributed by atoms with E-state index in [1.807, 2.05) is 18.2 Å². The summed E-state index contributed by atoms with van der Waals surface area (Å²) < 4.78 is 15.7. The van der Waals surface area contributed by atoms with Gasteiger partial charge in [0.05, 0.1) is 10.2 Å². The Hall–Kier alpha value is -3.77. The summed E-state index contributed by atoms with van der Waals surface area (Å²) in [5, 5.41) is 14.5. The number of hydrogen-bond donors (Lipinski definition) is 1. The highest BCUT2D eigenvalue weighted by Crippen LogP contribution is 2.41. The molecule has 1 heterocycles. The fourth-order valence-electron chi connectivity index (χ4n) is 3.52. The Morgan fingerprint density at radius 1 is 1.05 bits per heavy atom. The van der Waals surface area contributed by atoms with E-state index < -0.39 is 17.2 Å². The van der Waals surface area contributed by atoms with E-state index in [2.05, 4.69) is 10.3 Å². The minimum Gasteiger partial charge on any atom is -0.445 e. The van der Waals surface area contributed by atoms with Crippen LogP contribution in [0.25, 0.3) is 0 Å². The van der Waals surface area contributed by atoms with Gasteiger partial charge in [-0.2, -0.15) is 0 Å². The number of benzene rings is 2. The summed E-state index contributed by atoms with van der Waals surface area (Å²) in [5.74, 6) is 0.131. The number of nitro groups is 1. The second kappa shape index (κ2) is 13.0. The molecule has 4 rings (SSSR count). The first-order chi connectivity index (χ1) is 18.0. The van der Waals surface area contributed by atoms with Crippen molar-refractivity contribution < 1.29 is 28.7 Å². The van der Waals surface area contributed by atoms with Crippen LogP contribution in [0.1, 0.15) is 24.8 Å². The van der Waals surface area contributed by atoms with Crippen molar-refractivity contribution in [1.29, 1.82) is 0 Å². The number of nitro benzene ring substituents is 1.